The van der Waals surface area contributed by atoms with Crippen molar-refractivity contribution in [2.45, 2.75) is 0 Å². The fourth-order valence-electron chi connectivity index (χ4n) is 8.31. The summed E-state index contributed by atoms with van der Waals surface area (Å²) in [6.45, 7) is 0. The van der Waals surface area contributed by atoms with Gasteiger partial charge in [-0.3, -0.25) is 0 Å². The summed E-state index contributed by atoms with van der Waals surface area (Å²) in [7, 11) is 0. The van der Waals surface area contributed by atoms with Crippen LogP contribution in [0.1, 0.15) is 0 Å². The van der Waals surface area contributed by atoms with Gasteiger partial charge in [0.05, 0.1) is 20.8 Å². The van der Waals surface area contributed by atoms with Crippen molar-refractivity contribution in [1.82, 2.24) is 0 Å². The molecule has 0 aliphatic carbocycles. The van der Waals surface area contributed by atoms with E-state index in [1.54, 1.807) is 0 Å². The van der Waals surface area contributed by atoms with Crippen molar-refractivity contribution >= 4 is 143 Å². The summed E-state index contributed by atoms with van der Waals surface area (Å²) in [6.07, 6.45) is 0. The lowest BCUT2D eigenvalue weighted by molar-refractivity contribution is 1.32. The third-order valence-corrected chi connectivity index (χ3v) is 15.5. The van der Waals surface area contributed by atoms with Crippen molar-refractivity contribution in [1.29, 1.82) is 0 Å². The number of anilines is 3. The molecule has 4 aromatic heterocycles. The molecule has 8 aromatic carbocycles. The van der Waals surface area contributed by atoms with Gasteiger partial charge in [0.2, 0.25) is 0 Å². The van der Waals surface area contributed by atoms with Crippen LogP contribution in [0.4, 0.5) is 17.1 Å². The normalized spacial score (nSPS) is 12.2. The zero-order valence-electron chi connectivity index (χ0n) is 28.2. The Balaban J connectivity index is 1.06. The number of rotatable bonds is 4. The average molecular weight is 746 g/mol. The molecule has 0 aliphatic heterocycles. The fraction of sp³-hybridized carbons (Fsp3) is 0. The first-order chi connectivity index (χ1) is 26.3. The van der Waals surface area contributed by atoms with Crippen LogP contribution >= 0.6 is 45.3 Å². The minimum absolute atomic E-state index is 1.15. The van der Waals surface area contributed by atoms with Gasteiger partial charge in [0.1, 0.15) is 0 Å². The van der Waals surface area contributed by atoms with Gasteiger partial charge in [0.25, 0.3) is 0 Å². The quantitative estimate of drug-likeness (QED) is 0.173. The van der Waals surface area contributed by atoms with Gasteiger partial charge in [0, 0.05) is 77.0 Å². The van der Waals surface area contributed by atoms with E-state index >= 15 is 0 Å². The van der Waals surface area contributed by atoms with Crippen LogP contribution in [0.5, 0.6) is 0 Å². The highest BCUT2D eigenvalue weighted by molar-refractivity contribution is 7.30. The molecule has 248 valence electrons. The second-order valence-electron chi connectivity index (χ2n) is 13.6. The van der Waals surface area contributed by atoms with E-state index in [4.69, 9.17) is 0 Å². The van der Waals surface area contributed by atoms with Gasteiger partial charge in [-0.15, -0.1) is 45.3 Å². The first-order valence-electron chi connectivity index (χ1n) is 17.7. The lowest BCUT2D eigenvalue weighted by Crippen LogP contribution is -2.10. The van der Waals surface area contributed by atoms with Crippen molar-refractivity contribution in [2.24, 2.45) is 0 Å². The molecule has 0 N–H and O–H groups in total. The topological polar surface area (TPSA) is 3.24 Å². The summed E-state index contributed by atoms with van der Waals surface area (Å²) in [4.78, 5) is 2.50. The number of hydrogen-bond acceptors (Lipinski definition) is 5. The highest BCUT2D eigenvalue weighted by atomic mass is 32.1. The maximum absolute atomic E-state index is 2.50. The van der Waals surface area contributed by atoms with Crippen molar-refractivity contribution in [3.05, 3.63) is 164 Å². The van der Waals surface area contributed by atoms with E-state index in [0.717, 1.165) is 5.69 Å². The average Bonchev–Trinajstić information content (AvgIpc) is 3.98. The Morgan fingerprint density at radius 1 is 0.302 bits per heavy atom. The lowest BCUT2D eigenvalue weighted by atomic mass is 10.0. The van der Waals surface area contributed by atoms with E-state index in [9.17, 15) is 0 Å². The molecule has 0 aliphatic rings. The Hall–Kier alpha value is -5.56. The third-order valence-electron chi connectivity index (χ3n) is 10.7. The second kappa shape index (κ2) is 11.5. The highest BCUT2D eigenvalue weighted by Gasteiger charge is 2.22. The maximum Gasteiger partial charge on any atom is 0.0640 e. The highest BCUT2D eigenvalue weighted by Crippen LogP contribution is 2.50. The molecule has 0 unspecified atom stereocenters. The van der Waals surface area contributed by atoms with Crippen molar-refractivity contribution in [3.63, 3.8) is 0 Å². The Kier molecular flexibility index (Phi) is 6.48. The first-order valence-corrected chi connectivity index (χ1v) is 21.0. The number of thiophene rings is 4. The summed E-state index contributed by atoms with van der Waals surface area (Å²) in [5.74, 6) is 0. The fourth-order valence-corrected chi connectivity index (χ4v) is 13.3. The summed E-state index contributed by atoms with van der Waals surface area (Å²) in [5, 5.41) is 10.7. The van der Waals surface area contributed by atoms with E-state index in [1.807, 2.05) is 45.3 Å². The Morgan fingerprint density at radius 3 is 1.45 bits per heavy atom. The molecular formula is C48H27NS4. The van der Waals surface area contributed by atoms with Gasteiger partial charge in [-0.1, -0.05) is 115 Å². The van der Waals surface area contributed by atoms with E-state index in [-0.39, 0.29) is 0 Å². The van der Waals surface area contributed by atoms with Gasteiger partial charge in [-0.2, -0.15) is 0 Å². The number of nitrogens with zero attached hydrogens (tertiary/aromatic N) is 1. The monoisotopic (exact) mass is 745 g/mol. The molecule has 0 atom stereocenters. The third kappa shape index (κ3) is 4.40. The zero-order chi connectivity index (χ0) is 34.6. The van der Waals surface area contributed by atoms with Gasteiger partial charge in [0.15, 0.2) is 0 Å². The molecule has 1 nitrogen and oxygen atoms in total. The molecule has 0 spiro atoms. The van der Waals surface area contributed by atoms with Crippen molar-refractivity contribution < 1.29 is 0 Å². The molecule has 12 aromatic rings. The van der Waals surface area contributed by atoms with Crippen LogP contribution in [0.3, 0.4) is 0 Å². The standard InChI is InChI=1S/C48H27NS4/c1-4-19-40-31(10-1)33-15-8-17-38(46(33)51-40)49(39-18-9-16-34-32-11-2-5-20-41(32)52-47(34)39)29-24-22-28(23-25-29)30-13-7-14-35-36-26-27-43-44(48(36)53-45(30)35)37-12-3-6-21-42(37)50-43/h1-27H. The molecule has 0 fully saturated rings. The first kappa shape index (κ1) is 30.0. The molecule has 0 amide bonds. The largest absolute Gasteiger partial charge is 0.308 e. The maximum atomic E-state index is 2.50. The van der Waals surface area contributed by atoms with Crippen LogP contribution in [-0.4, -0.2) is 0 Å². The second-order valence-corrected chi connectivity index (χ2v) is 17.8. The molecular weight excluding hydrogens is 719 g/mol. The molecule has 4 heterocycles. The summed E-state index contributed by atoms with van der Waals surface area (Å²) >= 11 is 7.61. The smallest absolute Gasteiger partial charge is 0.0640 e. The SMILES string of the molecule is c1ccc2c(c1)sc1c(N(c3ccc(-c4cccc5c4sc4c5ccc5sc6ccccc6c54)cc3)c3cccc4c3sc3ccccc34)cccc12. The molecule has 0 radical (unpaired) electrons. The molecule has 0 bridgehead atoms. The minimum atomic E-state index is 1.15. The van der Waals surface area contributed by atoms with Crippen LogP contribution in [-0.2, 0) is 0 Å². The van der Waals surface area contributed by atoms with Crippen molar-refractivity contribution in [2.75, 3.05) is 4.90 Å². The van der Waals surface area contributed by atoms with Crippen LogP contribution in [0.15, 0.2) is 164 Å². The molecule has 5 heteroatoms. The molecule has 0 saturated carbocycles. The minimum Gasteiger partial charge on any atom is -0.308 e. The Morgan fingerprint density at radius 2 is 0.811 bits per heavy atom. The molecule has 12 rings (SSSR count). The van der Waals surface area contributed by atoms with E-state index < -0.39 is 0 Å². The predicted molar refractivity (Wildman–Crippen MR) is 238 cm³/mol. The predicted octanol–water partition coefficient (Wildman–Crippen LogP) is 16.3. The van der Waals surface area contributed by atoms with E-state index in [2.05, 4.69) is 169 Å². The van der Waals surface area contributed by atoms with Gasteiger partial charge < -0.3 is 4.90 Å². The zero-order valence-corrected chi connectivity index (χ0v) is 31.4. The van der Waals surface area contributed by atoms with Gasteiger partial charge in [-0.05, 0) is 59.7 Å². The van der Waals surface area contributed by atoms with Gasteiger partial charge in [-0.25, -0.2) is 0 Å². The molecule has 0 saturated heterocycles. The Bertz CT molecular complexity index is 3300. The number of fused-ring (bicyclic) bond motifs is 13. The number of benzene rings is 8. The van der Waals surface area contributed by atoms with Crippen LogP contribution in [0, 0.1) is 0 Å². The van der Waals surface area contributed by atoms with Crippen LogP contribution in [0.2, 0.25) is 0 Å². The lowest BCUT2D eigenvalue weighted by Gasteiger charge is -2.27. The summed E-state index contributed by atoms with van der Waals surface area (Å²) in [5.41, 5.74) is 6.09. The summed E-state index contributed by atoms with van der Waals surface area (Å²) < 4.78 is 10.7. The van der Waals surface area contributed by atoms with E-state index in [1.165, 1.54) is 103 Å². The molecule has 53 heavy (non-hydrogen) atoms. The van der Waals surface area contributed by atoms with Crippen LogP contribution < -0.4 is 4.90 Å². The number of hydrogen-bond donors (Lipinski definition) is 0. The van der Waals surface area contributed by atoms with Gasteiger partial charge >= 0.3 is 0 Å². The van der Waals surface area contributed by atoms with E-state index in [0.29, 0.717) is 0 Å². The summed E-state index contributed by atoms with van der Waals surface area (Å²) in [6, 6.07) is 60.8. The Labute approximate surface area is 320 Å². The van der Waals surface area contributed by atoms with Crippen molar-refractivity contribution in [3.8, 4) is 11.1 Å². The van der Waals surface area contributed by atoms with Crippen LogP contribution in [0.25, 0.3) is 91.8 Å².